The quantitative estimate of drug-likeness (QED) is 0.648. The number of hydrogen-bond donors (Lipinski definition) is 1. The Morgan fingerprint density at radius 1 is 1.00 bits per heavy atom. The minimum atomic E-state index is -2.67. The summed E-state index contributed by atoms with van der Waals surface area (Å²) >= 11 is 0. The van der Waals surface area contributed by atoms with Crippen LogP contribution in [-0.2, 0) is 21.1 Å². The van der Waals surface area contributed by atoms with Gasteiger partial charge in [0, 0.05) is 18.4 Å². The molecule has 0 aliphatic heterocycles. The highest BCUT2D eigenvalue weighted by Crippen LogP contribution is 2.17. The SMILES string of the molecule is C1=Cc2ccccc2C1.CC.CC.CC.CCC(=O)O.CCCS(C)(=O)=O. The number of fused-ring (bicyclic) bond motifs is 1. The molecule has 1 N–H and O–H groups in total. The maximum atomic E-state index is 10.2. The van der Waals surface area contributed by atoms with Crippen LogP contribution in [0.3, 0.4) is 0 Å². The zero-order valence-corrected chi connectivity index (χ0v) is 19.7. The average molecular weight is 403 g/mol. The van der Waals surface area contributed by atoms with Gasteiger partial charge >= 0.3 is 5.97 Å². The van der Waals surface area contributed by atoms with E-state index in [1.165, 1.54) is 17.4 Å². The molecule has 1 aliphatic carbocycles. The molecule has 0 saturated heterocycles. The van der Waals surface area contributed by atoms with Crippen molar-refractivity contribution >= 4 is 21.9 Å². The van der Waals surface area contributed by atoms with Gasteiger partial charge in [-0.25, -0.2) is 8.42 Å². The first-order valence-electron chi connectivity index (χ1n) is 9.94. The second-order valence-corrected chi connectivity index (χ2v) is 6.94. The monoisotopic (exact) mass is 402 g/mol. The fraction of sp³-hybridized carbons (Fsp3) is 0.591. The summed E-state index contributed by atoms with van der Waals surface area (Å²) in [5.74, 6) is -0.433. The molecule has 1 aromatic rings. The van der Waals surface area contributed by atoms with Gasteiger partial charge in [0.1, 0.15) is 9.84 Å². The minimum absolute atomic E-state index is 0.222. The predicted molar refractivity (Wildman–Crippen MR) is 121 cm³/mol. The second kappa shape index (κ2) is 24.4. The number of carbonyl (C=O) groups is 1. The Morgan fingerprint density at radius 2 is 1.44 bits per heavy atom. The number of aliphatic carboxylic acids is 1. The van der Waals surface area contributed by atoms with Crippen LogP contribution in [0.25, 0.3) is 6.08 Å². The third kappa shape index (κ3) is 26.7. The van der Waals surface area contributed by atoms with Crippen molar-refractivity contribution in [3.8, 4) is 0 Å². The van der Waals surface area contributed by atoms with E-state index in [4.69, 9.17) is 5.11 Å². The normalized spacial score (nSPS) is 9.67. The fourth-order valence-corrected chi connectivity index (χ4v) is 2.31. The van der Waals surface area contributed by atoms with Gasteiger partial charge in [-0.15, -0.1) is 0 Å². The van der Waals surface area contributed by atoms with Crippen molar-refractivity contribution in [3.05, 3.63) is 41.5 Å². The molecule has 0 spiro atoms. The second-order valence-electron chi connectivity index (χ2n) is 4.68. The van der Waals surface area contributed by atoms with Crippen LogP contribution in [0.2, 0.25) is 0 Å². The van der Waals surface area contributed by atoms with Gasteiger partial charge in [0.2, 0.25) is 0 Å². The zero-order valence-electron chi connectivity index (χ0n) is 18.9. The molecule has 1 aromatic carbocycles. The van der Waals surface area contributed by atoms with Crippen molar-refractivity contribution in [1.82, 2.24) is 0 Å². The summed E-state index contributed by atoms with van der Waals surface area (Å²) in [6.07, 6.45) is 7.69. The standard InChI is InChI=1S/C9H8.C4H10O2S.C3H6O2.3C2H6/c1-2-5-9-7-3-6-8(9)4-1;1-3-4-7(2,5)6;1-2-3(4)5;3*1-2/h1-6H,7H2;3-4H2,1-2H3;2H2,1H3,(H,4,5);3*1-2H3. The molecule has 0 unspecified atom stereocenters. The lowest BCUT2D eigenvalue weighted by molar-refractivity contribution is -0.136. The van der Waals surface area contributed by atoms with Crippen LogP contribution in [0, 0.1) is 0 Å². The number of rotatable bonds is 3. The van der Waals surface area contributed by atoms with Crippen molar-refractivity contribution in [2.45, 2.75) is 74.7 Å². The number of carboxylic acid groups (broad SMARTS) is 1. The molecule has 27 heavy (non-hydrogen) atoms. The van der Waals surface area contributed by atoms with Gasteiger partial charge in [0.15, 0.2) is 0 Å². The molecule has 5 heteroatoms. The summed E-state index contributed by atoms with van der Waals surface area (Å²) in [7, 11) is -2.67. The lowest BCUT2D eigenvalue weighted by Crippen LogP contribution is -2.00. The molecule has 0 heterocycles. The molecule has 0 amide bonds. The van der Waals surface area contributed by atoms with Crippen molar-refractivity contribution in [2.75, 3.05) is 12.0 Å². The number of carboxylic acids is 1. The third-order valence-corrected chi connectivity index (χ3v) is 3.72. The van der Waals surface area contributed by atoms with Crippen molar-refractivity contribution < 1.29 is 18.3 Å². The first-order valence-corrected chi connectivity index (χ1v) is 12.0. The Kier molecular flexibility index (Phi) is 29.8. The molecular weight excluding hydrogens is 360 g/mol. The molecule has 0 aromatic heterocycles. The first-order chi connectivity index (χ1) is 12.8. The van der Waals surface area contributed by atoms with E-state index in [1.807, 2.05) is 48.5 Å². The summed E-state index contributed by atoms with van der Waals surface area (Å²) < 4.78 is 20.5. The lowest BCUT2D eigenvalue weighted by Gasteiger charge is -1.93. The lowest BCUT2D eigenvalue weighted by atomic mass is 10.1. The van der Waals surface area contributed by atoms with Gasteiger partial charge < -0.3 is 5.11 Å². The number of allylic oxidation sites excluding steroid dienone is 1. The molecule has 0 radical (unpaired) electrons. The van der Waals surface area contributed by atoms with Gasteiger partial charge in [-0.05, 0) is 24.0 Å². The Bertz CT molecular complexity index is 561. The maximum absolute atomic E-state index is 10.2. The summed E-state index contributed by atoms with van der Waals surface area (Å²) in [5, 5.41) is 7.72. The molecule has 2 rings (SSSR count). The van der Waals surface area contributed by atoms with E-state index < -0.39 is 15.8 Å². The van der Waals surface area contributed by atoms with Crippen LogP contribution in [0.4, 0.5) is 0 Å². The largest absolute Gasteiger partial charge is 0.481 e. The highest BCUT2D eigenvalue weighted by Gasteiger charge is 2.00. The van der Waals surface area contributed by atoms with E-state index in [2.05, 4.69) is 36.4 Å². The van der Waals surface area contributed by atoms with Gasteiger partial charge in [-0.2, -0.15) is 0 Å². The molecule has 0 saturated carbocycles. The Hall–Kier alpha value is -1.62. The molecule has 1 aliphatic rings. The highest BCUT2D eigenvalue weighted by atomic mass is 32.2. The average Bonchev–Trinajstić information content (AvgIpc) is 3.15. The third-order valence-electron chi connectivity index (χ3n) is 2.57. The van der Waals surface area contributed by atoms with Crippen molar-refractivity contribution in [1.29, 1.82) is 0 Å². The van der Waals surface area contributed by atoms with Crippen LogP contribution in [-0.4, -0.2) is 31.5 Å². The smallest absolute Gasteiger partial charge is 0.303 e. The van der Waals surface area contributed by atoms with E-state index in [-0.39, 0.29) is 6.42 Å². The van der Waals surface area contributed by atoms with Crippen LogP contribution < -0.4 is 0 Å². The van der Waals surface area contributed by atoms with E-state index in [9.17, 15) is 13.2 Å². The van der Waals surface area contributed by atoms with Crippen molar-refractivity contribution in [2.24, 2.45) is 0 Å². The molecule has 0 atom stereocenters. The van der Waals surface area contributed by atoms with Crippen LogP contribution >= 0.6 is 0 Å². The topological polar surface area (TPSA) is 71.4 Å². The summed E-state index contributed by atoms with van der Waals surface area (Å²) in [6, 6.07) is 8.49. The summed E-state index contributed by atoms with van der Waals surface area (Å²) in [5.41, 5.74) is 2.84. The fourth-order valence-electron chi connectivity index (χ4n) is 1.57. The van der Waals surface area contributed by atoms with E-state index >= 15 is 0 Å². The van der Waals surface area contributed by atoms with Gasteiger partial charge in [0.05, 0.1) is 0 Å². The molecular formula is C22H42O4S. The Morgan fingerprint density at radius 3 is 1.74 bits per heavy atom. The van der Waals surface area contributed by atoms with Gasteiger partial charge in [-0.3, -0.25) is 4.79 Å². The van der Waals surface area contributed by atoms with E-state index in [0.717, 1.165) is 12.8 Å². The molecule has 4 nitrogen and oxygen atoms in total. The summed E-state index contributed by atoms with van der Waals surface area (Å²) in [6.45, 7) is 15.4. The van der Waals surface area contributed by atoms with Crippen LogP contribution in [0.15, 0.2) is 30.3 Å². The number of benzene rings is 1. The van der Waals surface area contributed by atoms with Crippen molar-refractivity contribution in [3.63, 3.8) is 0 Å². The van der Waals surface area contributed by atoms with E-state index in [1.54, 1.807) is 6.92 Å². The molecule has 160 valence electrons. The number of hydrogen-bond acceptors (Lipinski definition) is 3. The summed E-state index contributed by atoms with van der Waals surface area (Å²) in [4.78, 5) is 9.37. The van der Waals surface area contributed by atoms with Crippen LogP contribution in [0.5, 0.6) is 0 Å². The predicted octanol–water partition coefficient (Wildman–Crippen LogP) is 6.26. The first kappa shape index (κ1) is 33.0. The van der Waals surface area contributed by atoms with E-state index in [0.29, 0.717) is 5.75 Å². The molecule has 0 bridgehead atoms. The van der Waals surface area contributed by atoms with Gasteiger partial charge in [-0.1, -0.05) is 91.8 Å². The zero-order chi connectivity index (χ0) is 22.3. The number of sulfone groups is 1. The highest BCUT2D eigenvalue weighted by molar-refractivity contribution is 7.90. The minimum Gasteiger partial charge on any atom is -0.481 e. The Labute approximate surface area is 168 Å². The van der Waals surface area contributed by atoms with Gasteiger partial charge in [0.25, 0.3) is 0 Å². The Balaban J connectivity index is -0.000000133. The maximum Gasteiger partial charge on any atom is 0.303 e. The van der Waals surface area contributed by atoms with Crippen LogP contribution in [0.1, 0.15) is 79.4 Å². The molecule has 0 fully saturated rings.